The number of hydrogen-bond donors (Lipinski definition) is 0. The van der Waals surface area contributed by atoms with Gasteiger partial charge >= 0.3 is 0 Å². The summed E-state index contributed by atoms with van der Waals surface area (Å²) in [5, 5.41) is 0.589. The van der Waals surface area contributed by atoms with E-state index in [9.17, 15) is 0 Å². The molecule has 1 fully saturated rings. The Bertz CT molecular complexity index is 493. The topological polar surface area (TPSA) is 29.0 Å². The minimum atomic E-state index is -0.0826. The van der Waals surface area contributed by atoms with E-state index < -0.39 is 0 Å². The van der Waals surface area contributed by atoms with Crippen LogP contribution in [0.15, 0.2) is 0 Å². The smallest absolute Gasteiger partial charge is 0.137 e. The van der Waals surface area contributed by atoms with Gasteiger partial charge in [-0.25, -0.2) is 9.97 Å². The predicted octanol–water partition coefficient (Wildman–Crippen LogP) is 4.22. The molecule has 0 spiro atoms. The maximum Gasteiger partial charge on any atom is 0.137 e. The van der Waals surface area contributed by atoms with Gasteiger partial charge in [0.25, 0.3) is 0 Å². The van der Waals surface area contributed by atoms with E-state index in [1.54, 1.807) is 0 Å². The molecule has 1 aromatic heterocycles. The highest BCUT2D eigenvalue weighted by Gasteiger charge is 2.27. The Morgan fingerprint density at radius 3 is 2.35 bits per heavy atom. The average molecular weight is 296 g/mol. The van der Waals surface area contributed by atoms with Crippen LogP contribution in [0.2, 0.25) is 5.15 Å². The third-order valence-electron chi connectivity index (χ3n) is 4.37. The van der Waals surface area contributed by atoms with Crippen LogP contribution in [0.5, 0.6) is 0 Å². The Kier molecular flexibility index (Phi) is 4.29. The van der Waals surface area contributed by atoms with E-state index >= 15 is 0 Å². The number of anilines is 1. The number of aromatic nitrogens is 2. The van der Waals surface area contributed by atoms with Gasteiger partial charge in [0.1, 0.15) is 16.8 Å². The van der Waals surface area contributed by atoms with E-state index in [-0.39, 0.29) is 5.41 Å². The Balaban J connectivity index is 2.38. The summed E-state index contributed by atoms with van der Waals surface area (Å²) in [6.45, 7) is 15.2. The summed E-state index contributed by atoms with van der Waals surface area (Å²) < 4.78 is 0. The van der Waals surface area contributed by atoms with Gasteiger partial charge in [-0.15, -0.1) is 0 Å². The van der Waals surface area contributed by atoms with Gasteiger partial charge in [0.05, 0.1) is 0 Å². The first-order chi connectivity index (χ1) is 9.20. The average Bonchev–Trinajstić information content (AvgIpc) is 2.34. The van der Waals surface area contributed by atoms with E-state index in [0.717, 1.165) is 36.2 Å². The fraction of sp³-hybridized carbons (Fsp3) is 0.750. The van der Waals surface area contributed by atoms with E-state index in [2.05, 4.69) is 44.5 Å². The minimum absolute atomic E-state index is 0.0826. The monoisotopic (exact) mass is 295 g/mol. The summed E-state index contributed by atoms with van der Waals surface area (Å²) in [7, 11) is 0. The lowest BCUT2D eigenvalue weighted by atomic mass is 9.88. The van der Waals surface area contributed by atoms with Gasteiger partial charge in [0, 0.05) is 24.1 Å². The third-order valence-corrected chi connectivity index (χ3v) is 4.73. The Morgan fingerprint density at radius 2 is 1.80 bits per heavy atom. The van der Waals surface area contributed by atoms with Crippen molar-refractivity contribution in [3.8, 4) is 0 Å². The summed E-state index contributed by atoms with van der Waals surface area (Å²) in [6, 6.07) is 0. The quantitative estimate of drug-likeness (QED) is 0.727. The van der Waals surface area contributed by atoms with Crippen molar-refractivity contribution in [2.24, 2.45) is 11.8 Å². The lowest BCUT2D eigenvalue weighted by Crippen LogP contribution is -2.39. The fourth-order valence-electron chi connectivity index (χ4n) is 2.58. The molecule has 2 heterocycles. The number of halogens is 1. The van der Waals surface area contributed by atoms with Crippen LogP contribution in [0.3, 0.4) is 0 Å². The molecular weight excluding hydrogens is 270 g/mol. The molecule has 1 aromatic rings. The highest BCUT2D eigenvalue weighted by Crippen LogP contribution is 2.32. The van der Waals surface area contributed by atoms with Gasteiger partial charge in [-0.2, -0.15) is 0 Å². The van der Waals surface area contributed by atoms with Crippen LogP contribution in [-0.2, 0) is 5.41 Å². The van der Waals surface area contributed by atoms with Crippen molar-refractivity contribution in [2.45, 2.75) is 53.4 Å². The van der Waals surface area contributed by atoms with Crippen LogP contribution in [0.1, 0.15) is 52.4 Å². The molecule has 0 radical (unpaired) electrons. The standard InChI is InChI=1S/C16H26ClN3/c1-10-7-8-20(9-11(10)2)14-12(3)13(17)18-15(19-14)16(4,5)6/h10-11H,7-9H2,1-6H3. The second kappa shape index (κ2) is 5.51. The summed E-state index contributed by atoms with van der Waals surface area (Å²) in [4.78, 5) is 11.7. The second-order valence-corrected chi connectivity index (χ2v) is 7.58. The molecule has 0 aromatic carbocycles. The molecule has 4 heteroatoms. The maximum atomic E-state index is 6.33. The van der Waals surface area contributed by atoms with Crippen molar-refractivity contribution < 1.29 is 0 Å². The van der Waals surface area contributed by atoms with Crippen LogP contribution in [0.4, 0.5) is 5.82 Å². The first kappa shape index (κ1) is 15.6. The second-order valence-electron chi connectivity index (χ2n) is 7.23. The summed E-state index contributed by atoms with van der Waals surface area (Å²) in [5.74, 6) is 3.32. The van der Waals surface area contributed by atoms with Gasteiger partial charge in [0.2, 0.25) is 0 Å². The van der Waals surface area contributed by atoms with Crippen LogP contribution in [0, 0.1) is 18.8 Å². The van der Waals surface area contributed by atoms with Crippen molar-refractivity contribution in [3.63, 3.8) is 0 Å². The molecule has 0 aliphatic carbocycles. The molecule has 1 aliphatic heterocycles. The molecule has 0 saturated carbocycles. The lowest BCUT2D eigenvalue weighted by molar-refractivity contribution is 0.322. The first-order valence-corrected chi connectivity index (χ1v) is 7.87. The number of hydrogen-bond acceptors (Lipinski definition) is 3. The maximum absolute atomic E-state index is 6.33. The first-order valence-electron chi connectivity index (χ1n) is 7.49. The highest BCUT2D eigenvalue weighted by atomic mass is 35.5. The zero-order chi connectivity index (χ0) is 15.1. The molecule has 2 atom stereocenters. The third kappa shape index (κ3) is 3.08. The highest BCUT2D eigenvalue weighted by molar-refractivity contribution is 6.30. The van der Waals surface area contributed by atoms with Crippen molar-refractivity contribution in [2.75, 3.05) is 18.0 Å². The van der Waals surface area contributed by atoms with Crippen LogP contribution >= 0.6 is 11.6 Å². The molecule has 0 amide bonds. The van der Waals surface area contributed by atoms with E-state index in [0.29, 0.717) is 11.1 Å². The fourth-order valence-corrected chi connectivity index (χ4v) is 2.74. The lowest BCUT2D eigenvalue weighted by Gasteiger charge is -2.37. The number of nitrogens with zero attached hydrogens (tertiary/aromatic N) is 3. The molecular formula is C16H26ClN3. The number of piperidine rings is 1. The van der Waals surface area contributed by atoms with Crippen molar-refractivity contribution in [1.29, 1.82) is 0 Å². The minimum Gasteiger partial charge on any atom is -0.356 e. The largest absolute Gasteiger partial charge is 0.356 e. The van der Waals surface area contributed by atoms with Crippen molar-refractivity contribution in [1.82, 2.24) is 9.97 Å². The molecule has 20 heavy (non-hydrogen) atoms. The van der Waals surface area contributed by atoms with Crippen LogP contribution in [-0.4, -0.2) is 23.1 Å². The van der Waals surface area contributed by atoms with E-state index in [4.69, 9.17) is 16.6 Å². The molecule has 0 N–H and O–H groups in total. The predicted molar refractivity (Wildman–Crippen MR) is 85.6 cm³/mol. The van der Waals surface area contributed by atoms with E-state index in [1.807, 2.05) is 6.92 Å². The summed E-state index contributed by atoms with van der Waals surface area (Å²) >= 11 is 6.33. The molecule has 112 valence electrons. The summed E-state index contributed by atoms with van der Waals surface area (Å²) in [6.07, 6.45) is 1.22. The normalized spacial score (nSPS) is 24.1. The molecule has 3 nitrogen and oxygen atoms in total. The van der Waals surface area contributed by atoms with Gasteiger partial charge in [-0.1, -0.05) is 46.2 Å². The van der Waals surface area contributed by atoms with Crippen LogP contribution in [0.25, 0.3) is 0 Å². The Morgan fingerprint density at radius 1 is 1.15 bits per heavy atom. The molecule has 2 unspecified atom stereocenters. The van der Waals surface area contributed by atoms with Crippen LogP contribution < -0.4 is 4.90 Å². The Hall–Kier alpha value is -0.830. The van der Waals surface area contributed by atoms with Crippen molar-refractivity contribution in [3.05, 3.63) is 16.5 Å². The molecule has 1 saturated heterocycles. The number of rotatable bonds is 1. The zero-order valence-electron chi connectivity index (χ0n) is 13.5. The molecule has 1 aliphatic rings. The van der Waals surface area contributed by atoms with E-state index in [1.165, 1.54) is 6.42 Å². The Labute approximate surface area is 127 Å². The van der Waals surface area contributed by atoms with Gasteiger partial charge < -0.3 is 4.90 Å². The van der Waals surface area contributed by atoms with Crippen molar-refractivity contribution >= 4 is 17.4 Å². The van der Waals surface area contributed by atoms with Gasteiger partial charge in [-0.05, 0) is 25.2 Å². The van der Waals surface area contributed by atoms with Gasteiger partial charge in [-0.3, -0.25) is 0 Å². The SMILES string of the molecule is Cc1c(Cl)nc(C(C)(C)C)nc1N1CCC(C)C(C)C1. The van der Waals surface area contributed by atoms with Gasteiger partial charge in [0.15, 0.2) is 0 Å². The molecule has 0 bridgehead atoms. The molecule has 2 rings (SSSR count). The summed E-state index contributed by atoms with van der Waals surface area (Å²) in [5.41, 5.74) is 0.919. The zero-order valence-corrected chi connectivity index (χ0v) is 14.3.